The zero-order valence-electron chi connectivity index (χ0n) is 20.4. The van der Waals surface area contributed by atoms with E-state index in [0.717, 1.165) is 27.1 Å². The van der Waals surface area contributed by atoms with E-state index in [1.807, 2.05) is 105 Å². The van der Waals surface area contributed by atoms with Crippen molar-refractivity contribution in [3.8, 4) is 5.69 Å². The number of carbonyl (C=O) groups excluding carboxylic acids is 2. The highest BCUT2D eigenvalue weighted by Gasteiger charge is 2.37. The summed E-state index contributed by atoms with van der Waals surface area (Å²) in [4.78, 5) is 30.8. The molecular weight excluding hydrogens is 552 g/mol. The fourth-order valence-electron chi connectivity index (χ4n) is 4.71. The summed E-state index contributed by atoms with van der Waals surface area (Å²) in [5, 5.41) is 3.52. The van der Waals surface area contributed by atoms with Crippen molar-refractivity contribution in [2.24, 2.45) is 0 Å². The Morgan fingerprint density at radius 1 is 0.973 bits per heavy atom. The topological polar surface area (TPSA) is 57.6 Å². The molecule has 1 aromatic heterocycles. The number of nitrogens with one attached hydrogen (secondary N) is 1. The van der Waals surface area contributed by atoms with Gasteiger partial charge in [0.2, 0.25) is 5.91 Å². The van der Waals surface area contributed by atoms with E-state index in [1.54, 1.807) is 9.80 Å². The maximum absolute atomic E-state index is 14.2. The summed E-state index contributed by atoms with van der Waals surface area (Å²) in [7, 11) is 0. The van der Waals surface area contributed by atoms with Gasteiger partial charge >= 0.3 is 6.03 Å². The summed E-state index contributed by atoms with van der Waals surface area (Å²) in [6, 6.07) is 25.8. The van der Waals surface area contributed by atoms with Gasteiger partial charge in [0, 0.05) is 21.7 Å². The molecule has 3 amide bonds. The third kappa shape index (κ3) is 4.89. The van der Waals surface area contributed by atoms with Crippen LogP contribution in [0.25, 0.3) is 5.69 Å². The number of rotatable bonds is 5. The number of nitrogens with zero attached hydrogens (tertiary/aromatic N) is 3. The van der Waals surface area contributed by atoms with Gasteiger partial charge in [-0.05, 0) is 83.9 Å². The minimum Gasteiger partial charge on any atom is -0.316 e. The van der Waals surface area contributed by atoms with Crippen LogP contribution in [0.5, 0.6) is 0 Å². The molecule has 0 radical (unpaired) electrons. The summed E-state index contributed by atoms with van der Waals surface area (Å²) in [6.45, 7) is 3.70. The lowest BCUT2D eigenvalue weighted by Gasteiger charge is -2.40. The Balaban J connectivity index is 1.53. The molecule has 0 aliphatic carbocycles. The van der Waals surface area contributed by atoms with E-state index in [0.29, 0.717) is 10.7 Å². The molecule has 1 aliphatic heterocycles. The van der Waals surface area contributed by atoms with Gasteiger partial charge in [0.25, 0.3) is 0 Å². The Hall–Kier alpha value is -3.55. The Labute approximate surface area is 229 Å². The van der Waals surface area contributed by atoms with Gasteiger partial charge in [-0.3, -0.25) is 9.69 Å². The summed E-state index contributed by atoms with van der Waals surface area (Å²) in [6.07, 6.45) is 2.00. The normalized spacial score (nSPS) is 14.2. The molecule has 188 valence electrons. The summed E-state index contributed by atoms with van der Waals surface area (Å²) < 4.78 is 2.87. The molecule has 1 N–H and O–H groups in total. The first kappa shape index (κ1) is 25.1. The van der Waals surface area contributed by atoms with Crippen molar-refractivity contribution in [2.75, 3.05) is 16.8 Å². The first-order chi connectivity index (χ1) is 17.8. The van der Waals surface area contributed by atoms with Gasteiger partial charge in [0.15, 0.2) is 0 Å². The van der Waals surface area contributed by atoms with E-state index < -0.39 is 6.04 Å². The van der Waals surface area contributed by atoms with Crippen LogP contribution in [0.1, 0.15) is 31.1 Å². The lowest BCUT2D eigenvalue weighted by Crippen LogP contribution is -2.49. The summed E-state index contributed by atoms with van der Waals surface area (Å²) in [5.74, 6) is -0.194. The summed E-state index contributed by atoms with van der Waals surface area (Å²) in [5.41, 5.74) is 4.16. The SMILES string of the molecule is CC(C)N(CC(=O)N1c2ccccc2-n2cccc2C1c1cccc(Cl)c1)C(=O)Nc1ccccc1Br. The standard InChI is InChI=1S/C29H26BrClN4O2/c1-19(2)34(29(37)32-23-12-4-3-11-22(23)30)18-27(36)35-25-14-6-5-13-24(25)33-16-8-15-26(33)28(35)20-9-7-10-21(31)17-20/h3-17,19,28H,18H2,1-2H3,(H,32,37). The van der Waals surface area contributed by atoms with Gasteiger partial charge in [-0.1, -0.05) is 48.0 Å². The van der Waals surface area contributed by atoms with Crippen LogP contribution in [-0.2, 0) is 4.79 Å². The maximum Gasteiger partial charge on any atom is 0.322 e. The molecule has 0 spiro atoms. The quantitative estimate of drug-likeness (QED) is 0.271. The van der Waals surface area contributed by atoms with E-state index in [1.165, 1.54) is 0 Å². The largest absolute Gasteiger partial charge is 0.322 e. The van der Waals surface area contributed by atoms with E-state index in [-0.39, 0.29) is 24.5 Å². The molecule has 6 nitrogen and oxygen atoms in total. The zero-order valence-corrected chi connectivity index (χ0v) is 22.8. The van der Waals surface area contributed by atoms with Crippen molar-refractivity contribution >= 4 is 50.8 Å². The van der Waals surface area contributed by atoms with E-state index in [2.05, 4.69) is 25.8 Å². The van der Waals surface area contributed by atoms with Crippen LogP contribution in [0, 0.1) is 0 Å². The number of hydrogen-bond donors (Lipinski definition) is 1. The van der Waals surface area contributed by atoms with Crippen molar-refractivity contribution in [3.63, 3.8) is 0 Å². The Morgan fingerprint density at radius 2 is 1.70 bits per heavy atom. The Morgan fingerprint density at radius 3 is 2.43 bits per heavy atom. The van der Waals surface area contributed by atoms with Crippen LogP contribution in [0.4, 0.5) is 16.2 Å². The van der Waals surface area contributed by atoms with E-state index in [9.17, 15) is 9.59 Å². The molecule has 3 aromatic carbocycles. The molecule has 4 aromatic rings. The lowest BCUT2D eigenvalue weighted by molar-refractivity contribution is -0.119. The van der Waals surface area contributed by atoms with Crippen LogP contribution in [0.15, 0.2) is 95.6 Å². The lowest BCUT2D eigenvalue weighted by atomic mass is 9.97. The first-order valence-electron chi connectivity index (χ1n) is 12.0. The number of fused-ring (bicyclic) bond motifs is 3. The summed E-state index contributed by atoms with van der Waals surface area (Å²) >= 11 is 9.85. The number of halogens is 2. The molecule has 1 unspecified atom stereocenters. The fourth-order valence-corrected chi connectivity index (χ4v) is 5.30. The van der Waals surface area contributed by atoms with Crippen LogP contribution in [0.3, 0.4) is 0 Å². The molecule has 8 heteroatoms. The van der Waals surface area contributed by atoms with Crippen LogP contribution in [0.2, 0.25) is 5.02 Å². The minimum atomic E-state index is -0.406. The smallest absolute Gasteiger partial charge is 0.316 e. The van der Waals surface area contributed by atoms with Crippen LogP contribution in [-0.4, -0.2) is 34.0 Å². The Kier molecular flexibility index (Phi) is 7.09. The van der Waals surface area contributed by atoms with E-state index >= 15 is 0 Å². The molecular formula is C29H26BrClN4O2. The number of aromatic nitrogens is 1. The van der Waals surface area contributed by atoms with Gasteiger partial charge in [-0.15, -0.1) is 0 Å². The van der Waals surface area contributed by atoms with Gasteiger partial charge in [-0.25, -0.2) is 4.79 Å². The second-order valence-corrected chi connectivity index (χ2v) is 10.4. The molecule has 0 bridgehead atoms. The number of amides is 3. The fraction of sp³-hybridized carbons (Fsp3) is 0.172. The van der Waals surface area contributed by atoms with Crippen LogP contribution >= 0.6 is 27.5 Å². The van der Waals surface area contributed by atoms with Crippen LogP contribution < -0.4 is 10.2 Å². The Bertz CT molecular complexity index is 1470. The highest BCUT2D eigenvalue weighted by molar-refractivity contribution is 9.10. The number of carbonyl (C=O) groups is 2. The molecule has 5 rings (SSSR count). The monoisotopic (exact) mass is 576 g/mol. The third-order valence-corrected chi connectivity index (χ3v) is 7.38. The number of hydrogen-bond acceptors (Lipinski definition) is 2. The molecule has 37 heavy (non-hydrogen) atoms. The zero-order chi connectivity index (χ0) is 26.1. The number of urea groups is 1. The van der Waals surface area contributed by atoms with Crippen molar-refractivity contribution < 1.29 is 9.59 Å². The number of para-hydroxylation sites is 3. The second kappa shape index (κ2) is 10.4. The number of anilines is 2. The van der Waals surface area contributed by atoms with Gasteiger partial charge in [0.05, 0.1) is 22.8 Å². The van der Waals surface area contributed by atoms with E-state index in [4.69, 9.17) is 11.6 Å². The molecule has 1 atom stereocenters. The first-order valence-corrected chi connectivity index (χ1v) is 13.2. The van der Waals surface area contributed by atoms with Gasteiger partial charge in [0.1, 0.15) is 12.6 Å². The predicted octanol–water partition coefficient (Wildman–Crippen LogP) is 7.27. The number of benzene rings is 3. The van der Waals surface area contributed by atoms with Crippen molar-refractivity contribution in [1.82, 2.24) is 9.47 Å². The average molecular weight is 578 g/mol. The molecule has 2 heterocycles. The highest BCUT2D eigenvalue weighted by atomic mass is 79.9. The predicted molar refractivity (Wildman–Crippen MR) is 152 cm³/mol. The average Bonchev–Trinajstić information content (AvgIpc) is 3.37. The molecule has 1 aliphatic rings. The second-order valence-electron chi connectivity index (χ2n) is 9.14. The molecule has 0 saturated heterocycles. The van der Waals surface area contributed by atoms with Crippen molar-refractivity contribution in [3.05, 3.63) is 112 Å². The molecule has 0 fully saturated rings. The van der Waals surface area contributed by atoms with Crippen molar-refractivity contribution in [2.45, 2.75) is 25.9 Å². The maximum atomic E-state index is 14.2. The van der Waals surface area contributed by atoms with Gasteiger partial charge in [-0.2, -0.15) is 0 Å². The molecule has 0 saturated carbocycles. The van der Waals surface area contributed by atoms with Crippen molar-refractivity contribution in [1.29, 1.82) is 0 Å². The van der Waals surface area contributed by atoms with Gasteiger partial charge < -0.3 is 14.8 Å². The highest BCUT2D eigenvalue weighted by Crippen LogP contribution is 2.42. The minimum absolute atomic E-state index is 0.0972. The third-order valence-electron chi connectivity index (χ3n) is 6.46.